The number of rotatable bonds is 4. The van der Waals surface area contributed by atoms with Gasteiger partial charge >= 0.3 is 0 Å². The largest absolute Gasteiger partial charge is 0.497 e. The molecule has 0 aliphatic carbocycles. The first-order valence-corrected chi connectivity index (χ1v) is 10.0. The van der Waals surface area contributed by atoms with Crippen LogP contribution in [-0.2, 0) is 6.42 Å². The average molecular weight is 393 g/mol. The minimum atomic E-state index is 0.0672. The van der Waals surface area contributed by atoms with Crippen molar-refractivity contribution in [3.8, 4) is 11.4 Å². The topological polar surface area (TPSA) is 63.5 Å². The van der Waals surface area contributed by atoms with E-state index in [1.165, 1.54) is 0 Å². The Bertz CT molecular complexity index is 1030. The summed E-state index contributed by atoms with van der Waals surface area (Å²) >= 11 is 0. The van der Waals surface area contributed by atoms with E-state index in [1.54, 1.807) is 7.11 Å². The summed E-state index contributed by atoms with van der Waals surface area (Å²) in [5.74, 6) is 0.854. The fourth-order valence-corrected chi connectivity index (χ4v) is 3.77. The third-order valence-electron chi connectivity index (χ3n) is 5.57. The molecule has 1 fully saturated rings. The molecule has 1 amide bonds. The van der Waals surface area contributed by atoms with Crippen LogP contribution in [0.25, 0.3) is 16.7 Å². The molecule has 152 valence electrons. The molecule has 1 saturated heterocycles. The summed E-state index contributed by atoms with van der Waals surface area (Å²) in [5, 5.41) is 5.56. The van der Waals surface area contributed by atoms with Gasteiger partial charge in [-0.1, -0.05) is 6.92 Å². The van der Waals surface area contributed by atoms with Gasteiger partial charge in [0.2, 0.25) is 0 Å². The fraction of sp³-hybridized carbons (Fsp3) is 0.409. The number of aromatic nitrogens is 3. The number of nitrogens with zero attached hydrogens (tertiary/aromatic N) is 5. The Morgan fingerprint density at radius 3 is 2.45 bits per heavy atom. The molecular formula is C22H27N5O2. The Morgan fingerprint density at radius 2 is 1.83 bits per heavy atom. The molecule has 7 heteroatoms. The third-order valence-corrected chi connectivity index (χ3v) is 5.57. The van der Waals surface area contributed by atoms with Gasteiger partial charge in [-0.05, 0) is 50.7 Å². The monoisotopic (exact) mass is 393 g/mol. The number of carbonyl (C=O) groups excluding carboxylic acids is 1. The number of likely N-dealkylation sites (N-methyl/N-ethyl adjacent to an activating group) is 1. The highest BCUT2D eigenvalue weighted by atomic mass is 16.5. The van der Waals surface area contributed by atoms with Crippen molar-refractivity contribution in [2.45, 2.75) is 20.3 Å². The summed E-state index contributed by atoms with van der Waals surface area (Å²) < 4.78 is 7.08. The predicted molar refractivity (Wildman–Crippen MR) is 113 cm³/mol. The summed E-state index contributed by atoms with van der Waals surface area (Å²) in [7, 11) is 3.73. The lowest BCUT2D eigenvalue weighted by atomic mass is 10.1. The number of fused-ring (bicyclic) bond motifs is 1. The Kier molecular flexibility index (Phi) is 5.24. The minimum Gasteiger partial charge on any atom is -0.497 e. The van der Waals surface area contributed by atoms with Crippen LogP contribution in [0.3, 0.4) is 0 Å². The molecular weight excluding hydrogens is 366 g/mol. The number of methoxy groups -OCH3 is 1. The highest BCUT2D eigenvalue weighted by molar-refractivity contribution is 6.06. The summed E-state index contributed by atoms with van der Waals surface area (Å²) in [6.45, 7) is 7.27. The van der Waals surface area contributed by atoms with Crippen molar-refractivity contribution in [2.24, 2.45) is 0 Å². The Hall–Kier alpha value is -2.93. The van der Waals surface area contributed by atoms with Crippen molar-refractivity contribution in [1.82, 2.24) is 24.6 Å². The molecule has 1 aliphatic rings. The van der Waals surface area contributed by atoms with Crippen LogP contribution in [0.2, 0.25) is 0 Å². The lowest BCUT2D eigenvalue weighted by molar-refractivity contribution is 0.0666. The van der Waals surface area contributed by atoms with Crippen LogP contribution in [0.5, 0.6) is 5.75 Å². The van der Waals surface area contributed by atoms with Crippen molar-refractivity contribution >= 4 is 16.9 Å². The van der Waals surface area contributed by atoms with Gasteiger partial charge in [-0.3, -0.25) is 4.79 Å². The van der Waals surface area contributed by atoms with E-state index in [9.17, 15) is 4.79 Å². The Labute approximate surface area is 170 Å². The summed E-state index contributed by atoms with van der Waals surface area (Å²) in [5.41, 5.74) is 4.02. The van der Waals surface area contributed by atoms with E-state index >= 15 is 0 Å². The number of carbonyl (C=O) groups is 1. The second kappa shape index (κ2) is 7.83. The summed E-state index contributed by atoms with van der Waals surface area (Å²) in [6.07, 6.45) is 0.756. The molecule has 3 aromatic rings. The van der Waals surface area contributed by atoms with Gasteiger partial charge in [-0.2, -0.15) is 5.10 Å². The zero-order valence-corrected chi connectivity index (χ0v) is 17.5. The van der Waals surface area contributed by atoms with Crippen LogP contribution in [0.1, 0.15) is 28.7 Å². The van der Waals surface area contributed by atoms with E-state index < -0.39 is 0 Å². The summed E-state index contributed by atoms with van der Waals surface area (Å²) in [6, 6.07) is 9.65. The van der Waals surface area contributed by atoms with E-state index in [0.717, 1.165) is 66.5 Å². The van der Waals surface area contributed by atoms with E-state index in [2.05, 4.69) is 18.9 Å². The maximum atomic E-state index is 13.4. The van der Waals surface area contributed by atoms with Crippen molar-refractivity contribution in [2.75, 3.05) is 40.3 Å². The Balaban J connectivity index is 1.83. The first-order chi connectivity index (χ1) is 14.0. The van der Waals surface area contributed by atoms with Gasteiger partial charge in [0, 0.05) is 31.9 Å². The molecule has 29 heavy (non-hydrogen) atoms. The second-order valence-corrected chi connectivity index (χ2v) is 7.50. The number of amides is 1. The number of benzene rings is 1. The van der Waals surface area contributed by atoms with Crippen LogP contribution >= 0.6 is 0 Å². The fourth-order valence-electron chi connectivity index (χ4n) is 3.77. The molecule has 0 bridgehead atoms. The zero-order chi connectivity index (χ0) is 20.5. The number of hydrogen-bond acceptors (Lipinski definition) is 5. The lowest BCUT2D eigenvalue weighted by Gasteiger charge is -2.32. The molecule has 0 saturated carbocycles. The maximum absolute atomic E-state index is 13.4. The van der Waals surface area contributed by atoms with E-state index in [4.69, 9.17) is 14.8 Å². The van der Waals surface area contributed by atoms with Gasteiger partial charge in [-0.15, -0.1) is 0 Å². The molecule has 7 nitrogen and oxygen atoms in total. The number of pyridine rings is 1. The molecule has 0 radical (unpaired) electrons. The summed E-state index contributed by atoms with van der Waals surface area (Å²) in [4.78, 5) is 22.4. The van der Waals surface area contributed by atoms with Crippen LogP contribution in [-0.4, -0.2) is 70.8 Å². The first kappa shape index (κ1) is 19.4. The highest BCUT2D eigenvalue weighted by Gasteiger charge is 2.25. The lowest BCUT2D eigenvalue weighted by Crippen LogP contribution is -2.47. The van der Waals surface area contributed by atoms with Gasteiger partial charge < -0.3 is 14.5 Å². The van der Waals surface area contributed by atoms with Crippen molar-refractivity contribution in [1.29, 1.82) is 0 Å². The quantitative estimate of drug-likeness (QED) is 0.682. The normalized spacial score (nSPS) is 15.1. The van der Waals surface area contributed by atoms with Crippen LogP contribution < -0.4 is 4.74 Å². The van der Waals surface area contributed by atoms with Gasteiger partial charge in [0.05, 0.1) is 29.4 Å². The molecule has 0 unspecified atom stereocenters. The van der Waals surface area contributed by atoms with E-state index in [1.807, 2.05) is 46.8 Å². The number of piperazine rings is 1. The van der Waals surface area contributed by atoms with Crippen molar-refractivity contribution in [3.05, 3.63) is 47.3 Å². The highest BCUT2D eigenvalue weighted by Crippen LogP contribution is 2.27. The average Bonchev–Trinajstić information content (AvgIpc) is 3.09. The number of aryl methyl sites for hydroxylation is 2. The van der Waals surface area contributed by atoms with Crippen LogP contribution in [0.4, 0.5) is 0 Å². The van der Waals surface area contributed by atoms with Gasteiger partial charge in [-0.25, -0.2) is 9.67 Å². The molecule has 3 heterocycles. The molecule has 1 aliphatic heterocycles. The standard InChI is InChI=1S/C22H27N5O2/c1-5-16-14-19(22(28)26-12-10-25(3)11-13-26)20-15(2)24-27(21(20)23-16)17-6-8-18(29-4)9-7-17/h6-9,14H,5,10-13H2,1-4H3. The smallest absolute Gasteiger partial charge is 0.254 e. The van der Waals surface area contributed by atoms with E-state index in [0.29, 0.717) is 5.56 Å². The molecule has 4 rings (SSSR count). The van der Waals surface area contributed by atoms with Gasteiger partial charge in [0.1, 0.15) is 5.75 Å². The SMILES string of the molecule is CCc1cc(C(=O)N2CCN(C)CC2)c2c(C)nn(-c3ccc(OC)cc3)c2n1. The van der Waals surface area contributed by atoms with Gasteiger partial charge in [0.15, 0.2) is 5.65 Å². The third kappa shape index (κ3) is 3.58. The van der Waals surface area contributed by atoms with Gasteiger partial charge in [0.25, 0.3) is 5.91 Å². The molecule has 0 atom stereocenters. The Morgan fingerprint density at radius 1 is 1.14 bits per heavy atom. The number of hydrogen-bond donors (Lipinski definition) is 0. The zero-order valence-electron chi connectivity index (χ0n) is 17.5. The van der Waals surface area contributed by atoms with Crippen LogP contribution in [0.15, 0.2) is 30.3 Å². The van der Waals surface area contributed by atoms with Crippen molar-refractivity contribution < 1.29 is 9.53 Å². The molecule has 0 N–H and O–H groups in total. The van der Waals surface area contributed by atoms with Crippen LogP contribution in [0, 0.1) is 6.92 Å². The number of ether oxygens (including phenoxy) is 1. The second-order valence-electron chi connectivity index (χ2n) is 7.50. The molecule has 0 spiro atoms. The molecule has 1 aromatic carbocycles. The molecule has 2 aromatic heterocycles. The maximum Gasteiger partial charge on any atom is 0.254 e. The first-order valence-electron chi connectivity index (χ1n) is 10.0. The van der Waals surface area contributed by atoms with Crippen molar-refractivity contribution in [3.63, 3.8) is 0 Å². The predicted octanol–water partition coefficient (Wildman–Crippen LogP) is 2.69. The van der Waals surface area contributed by atoms with E-state index in [-0.39, 0.29) is 5.91 Å². The minimum absolute atomic E-state index is 0.0672.